The highest BCUT2D eigenvalue weighted by Crippen LogP contribution is 2.13. The van der Waals surface area contributed by atoms with Crippen molar-refractivity contribution in [1.29, 1.82) is 0 Å². The molecule has 4 heteroatoms. The Hall–Kier alpha value is -1.16. The first-order valence-electron chi connectivity index (χ1n) is 4.44. The molecule has 0 radical (unpaired) electrons. The molecular formula is C10H14N2OS. The van der Waals surface area contributed by atoms with Gasteiger partial charge in [-0.05, 0) is 26.8 Å². The van der Waals surface area contributed by atoms with E-state index in [0.29, 0.717) is 10.9 Å². The Labute approximate surface area is 89.3 Å². The summed E-state index contributed by atoms with van der Waals surface area (Å²) in [5, 5.41) is 0. The van der Waals surface area contributed by atoms with Gasteiger partial charge in [-0.1, -0.05) is 12.2 Å². The molecule has 3 nitrogen and oxygen atoms in total. The predicted molar refractivity (Wildman–Crippen MR) is 60.6 cm³/mol. The number of pyridine rings is 1. The molecule has 0 fully saturated rings. The summed E-state index contributed by atoms with van der Waals surface area (Å²) < 4.78 is 5.46. The predicted octanol–water partition coefficient (Wildman–Crippen LogP) is 1.81. The first-order valence-corrected chi connectivity index (χ1v) is 4.85. The van der Waals surface area contributed by atoms with Crippen LogP contribution in [0.15, 0.2) is 12.1 Å². The number of aryl methyl sites for hydroxylation is 1. The summed E-state index contributed by atoms with van der Waals surface area (Å²) in [7, 11) is 0. The van der Waals surface area contributed by atoms with Crippen molar-refractivity contribution in [1.82, 2.24) is 4.98 Å². The number of thiocarbonyl (C=S) groups is 1. The second kappa shape index (κ2) is 4.37. The maximum Gasteiger partial charge on any atom is 0.214 e. The van der Waals surface area contributed by atoms with E-state index in [0.717, 1.165) is 11.3 Å². The van der Waals surface area contributed by atoms with Gasteiger partial charge in [0.2, 0.25) is 5.88 Å². The number of aromatic nitrogens is 1. The molecule has 1 aromatic heterocycles. The van der Waals surface area contributed by atoms with Gasteiger partial charge >= 0.3 is 0 Å². The molecule has 0 aliphatic rings. The van der Waals surface area contributed by atoms with E-state index in [9.17, 15) is 0 Å². The Bertz CT molecular complexity index is 350. The molecule has 0 aromatic carbocycles. The number of nitrogens with zero attached hydrogens (tertiary/aromatic N) is 1. The van der Waals surface area contributed by atoms with Crippen LogP contribution in [-0.4, -0.2) is 16.1 Å². The summed E-state index contributed by atoms with van der Waals surface area (Å²) >= 11 is 4.89. The van der Waals surface area contributed by atoms with Crippen molar-refractivity contribution < 1.29 is 4.74 Å². The van der Waals surface area contributed by atoms with E-state index in [1.54, 1.807) is 6.07 Å². The molecule has 0 bridgehead atoms. The minimum absolute atomic E-state index is 0.100. The van der Waals surface area contributed by atoms with Gasteiger partial charge in [-0.3, -0.25) is 0 Å². The number of hydrogen-bond acceptors (Lipinski definition) is 3. The van der Waals surface area contributed by atoms with Crippen LogP contribution in [0.4, 0.5) is 0 Å². The zero-order valence-electron chi connectivity index (χ0n) is 8.57. The highest BCUT2D eigenvalue weighted by atomic mass is 32.1. The van der Waals surface area contributed by atoms with Gasteiger partial charge in [-0.15, -0.1) is 0 Å². The molecule has 14 heavy (non-hydrogen) atoms. The van der Waals surface area contributed by atoms with Gasteiger partial charge in [-0.25, -0.2) is 4.98 Å². The van der Waals surface area contributed by atoms with E-state index in [1.807, 2.05) is 26.8 Å². The first-order chi connectivity index (χ1) is 6.49. The summed E-state index contributed by atoms with van der Waals surface area (Å²) in [5.41, 5.74) is 7.18. The summed E-state index contributed by atoms with van der Waals surface area (Å²) in [6.45, 7) is 5.78. The van der Waals surface area contributed by atoms with E-state index in [1.165, 1.54) is 0 Å². The monoisotopic (exact) mass is 210 g/mol. The molecule has 0 amide bonds. The lowest BCUT2D eigenvalue weighted by atomic mass is 10.2. The van der Waals surface area contributed by atoms with Crippen LogP contribution in [0.2, 0.25) is 0 Å². The van der Waals surface area contributed by atoms with Crippen LogP contribution < -0.4 is 10.5 Å². The van der Waals surface area contributed by atoms with Crippen LogP contribution in [0.5, 0.6) is 5.88 Å². The second-order valence-corrected chi connectivity index (χ2v) is 3.81. The first kappa shape index (κ1) is 10.9. The molecular weight excluding hydrogens is 196 g/mol. The molecule has 0 saturated carbocycles. The lowest BCUT2D eigenvalue weighted by Crippen LogP contribution is -2.12. The maximum absolute atomic E-state index is 5.53. The van der Waals surface area contributed by atoms with Gasteiger partial charge in [0.15, 0.2) is 0 Å². The molecule has 0 aliphatic carbocycles. The van der Waals surface area contributed by atoms with E-state index >= 15 is 0 Å². The smallest absolute Gasteiger partial charge is 0.214 e. The van der Waals surface area contributed by atoms with Crippen LogP contribution in [-0.2, 0) is 0 Å². The van der Waals surface area contributed by atoms with Gasteiger partial charge in [0.1, 0.15) is 4.99 Å². The van der Waals surface area contributed by atoms with Crippen molar-refractivity contribution in [2.75, 3.05) is 0 Å². The Morgan fingerprint density at radius 2 is 2.14 bits per heavy atom. The third-order valence-corrected chi connectivity index (χ3v) is 1.81. The molecule has 0 aliphatic heterocycles. The Balaban J connectivity index is 3.01. The van der Waals surface area contributed by atoms with E-state index in [2.05, 4.69) is 4.98 Å². The maximum atomic E-state index is 5.53. The highest BCUT2D eigenvalue weighted by Gasteiger charge is 2.04. The fourth-order valence-electron chi connectivity index (χ4n) is 1.08. The average Bonchev–Trinajstić information content (AvgIpc) is 2.01. The van der Waals surface area contributed by atoms with Crippen molar-refractivity contribution in [3.63, 3.8) is 0 Å². The molecule has 1 aromatic rings. The SMILES string of the molecule is Cc1cc(C(N)=S)cc(OC(C)C)n1. The van der Waals surface area contributed by atoms with Crippen molar-refractivity contribution in [2.45, 2.75) is 26.9 Å². The number of ether oxygens (including phenoxy) is 1. The van der Waals surface area contributed by atoms with Crippen molar-refractivity contribution in [3.05, 3.63) is 23.4 Å². The Morgan fingerprint density at radius 1 is 1.50 bits per heavy atom. The van der Waals surface area contributed by atoms with Gasteiger partial charge in [0.25, 0.3) is 0 Å². The second-order valence-electron chi connectivity index (χ2n) is 3.37. The summed E-state index contributed by atoms with van der Waals surface area (Å²) in [6.07, 6.45) is 0.100. The quantitative estimate of drug-likeness (QED) is 0.773. The third kappa shape index (κ3) is 2.96. The van der Waals surface area contributed by atoms with Gasteiger partial charge < -0.3 is 10.5 Å². The van der Waals surface area contributed by atoms with Crippen LogP contribution in [0.25, 0.3) is 0 Å². The summed E-state index contributed by atoms with van der Waals surface area (Å²) in [6, 6.07) is 3.60. The Kier molecular flexibility index (Phi) is 3.41. The molecule has 1 heterocycles. The zero-order valence-corrected chi connectivity index (χ0v) is 9.39. The summed E-state index contributed by atoms with van der Waals surface area (Å²) in [5.74, 6) is 0.572. The fourth-order valence-corrected chi connectivity index (χ4v) is 1.20. The van der Waals surface area contributed by atoms with Gasteiger partial charge in [0.05, 0.1) is 6.10 Å². The number of nitrogens with two attached hydrogens (primary N) is 1. The minimum atomic E-state index is 0.100. The Morgan fingerprint density at radius 3 is 2.64 bits per heavy atom. The lowest BCUT2D eigenvalue weighted by Gasteiger charge is -2.10. The highest BCUT2D eigenvalue weighted by molar-refractivity contribution is 7.80. The molecule has 1 rings (SSSR count). The standard InChI is InChI=1S/C10H14N2OS/c1-6(2)13-9-5-8(10(11)14)4-7(3)12-9/h4-6H,1-3H3,(H2,11,14). The van der Waals surface area contributed by atoms with Crippen LogP contribution in [0, 0.1) is 6.92 Å². The lowest BCUT2D eigenvalue weighted by molar-refractivity contribution is 0.232. The number of rotatable bonds is 3. The molecule has 0 spiro atoms. The largest absolute Gasteiger partial charge is 0.475 e. The number of hydrogen-bond donors (Lipinski definition) is 1. The third-order valence-electron chi connectivity index (χ3n) is 1.57. The van der Waals surface area contributed by atoms with E-state index in [-0.39, 0.29) is 6.10 Å². The van der Waals surface area contributed by atoms with Gasteiger partial charge in [-0.2, -0.15) is 0 Å². The van der Waals surface area contributed by atoms with Crippen molar-refractivity contribution in [3.8, 4) is 5.88 Å². The van der Waals surface area contributed by atoms with Crippen molar-refractivity contribution >= 4 is 17.2 Å². The van der Waals surface area contributed by atoms with Gasteiger partial charge in [0, 0.05) is 17.3 Å². The van der Waals surface area contributed by atoms with Crippen LogP contribution in [0.1, 0.15) is 25.1 Å². The summed E-state index contributed by atoms with van der Waals surface area (Å²) in [4.78, 5) is 4.58. The molecule has 0 atom stereocenters. The normalized spacial score (nSPS) is 10.3. The topological polar surface area (TPSA) is 48.1 Å². The molecule has 0 saturated heterocycles. The van der Waals surface area contributed by atoms with Crippen molar-refractivity contribution in [2.24, 2.45) is 5.73 Å². The van der Waals surface area contributed by atoms with E-state index < -0.39 is 0 Å². The van der Waals surface area contributed by atoms with Crippen LogP contribution >= 0.6 is 12.2 Å². The van der Waals surface area contributed by atoms with E-state index in [4.69, 9.17) is 22.7 Å². The fraction of sp³-hybridized carbons (Fsp3) is 0.400. The molecule has 0 unspecified atom stereocenters. The van der Waals surface area contributed by atoms with Crippen LogP contribution in [0.3, 0.4) is 0 Å². The average molecular weight is 210 g/mol. The molecule has 76 valence electrons. The zero-order chi connectivity index (χ0) is 10.7. The minimum Gasteiger partial charge on any atom is -0.475 e. The molecule has 2 N–H and O–H groups in total.